The second-order valence-electron chi connectivity index (χ2n) is 4.29. The molecule has 0 aromatic heterocycles. The first-order valence-corrected chi connectivity index (χ1v) is 5.38. The number of carboxylic acids is 1. The van der Waals surface area contributed by atoms with Crippen molar-refractivity contribution in [3.8, 4) is 0 Å². The number of nitrogens with one attached hydrogen (secondary N) is 2. The van der Waals surface area contributed by atoms with Gasteiger partial charge < -0.3 is 15.7 Å². The van der Waals surface area contributed by atoms with Gasteiger partial charge in [-0.1, -0.05) is 6.07 Å². The lowest BCUT2D eigenvalue weighted by Crippen LogP contribution is -2.40. The Morgan fingerprint density at radius 3 is 2.76 bits per heavy atom. The van der Waals surface area contributed by atoms with Gasteiger partial charge >= 0.3 is 5.97 Å². The maximum Gasteiger partial charge on any atom is 0.305 e. The van der Waals surface area contributed by atoms with E-state index in [4.69, 9.17) is 5.11 Å². The number of aliphatic carboxylic acids is 1. The van der Waals surface area contributed by atoms with E-state index in [1.165, 1.54) is 0 Å². The highest BCUT2D eigenvalue weighted by atomic mass is 16.4. The van der Waals surface area contributed by atoms with Crippen molar-refractivity contribution >= 4 is 23.3 Å². The number of hydrogen-bond donors (Lipinski definition) is 3. The molecule has 0 saturated carbocycles. The zero-order valence-corrected chi connectivity index (χ0v) is 9.70. The summed E-state index contributed by atoms with van der Waals surface area (Å²) in [5.74, 6) is -1.29. The van der Waals surface area contributed by atoms with Gasteiger partial charge in [-0.2, -0.15) is 0 Å². The van der Waals surface area contributed by atoms with E-state index in [2.05, 4.69) is 10.6 Å². The van der Waals surface area contributed by atoms with Gasteiger partial charge in [0.25, 0.3) is 0 Å². The number of rotatable bonds is 2. The molecule has 1 aromatic rings. The average Bonchev–Trinajstić information content (AvgIpc) is 2.20. The molecule has 1 aromatic carbocycles. The first-order chi connectivity index (χ1) is 7.97. The van der Waals surface area contributed by atoms with E-state index < -0.39 is 12.0 Å². The molecule has 90 valence electrons. The molecule has 3 N–H and O–H groups in total. The fourth-order valence-corrected chi connectivity index (χ4v) is 2.03. The molecule has 0 aliphatic carbocycles. The van der Waals surface area contributed by atoms with Crippen LogP contribution in [-0.2, 0) is 9.59 Å². The van der Waals surface area contributed by atoms with Gasteiger partial charge in [0.05, 0.1) is 17.8 Å². The van der Waals surface area contributed by atoms with E-state index in [0.717, 1.165) is 22.5 Å². The van der Waals surface area contributed by atoms with Crippen LogP contribution in [-0.4, -0.2) is 23.0 Å². The Hall–Kier alpha value is -2.04. The summed E-state index contributed by atoms with van der Waals surface area (Å²) in [6.07, 6.45) is -0.224. The van der Waals surface area contributed by atoms with Gasteiger partial charge in [0.1, 0.15) is 6.04 Å². The number of carbonyl (C=O) groups is 2. The quantitative estimate of drug-likeness (QED) is 0.724. The van der Waals surface area contributed by atoms with Crippen molar-refractivity contribution in [2.45, 2.75) is 26.3 Å². The summed E-state index contributed by atoms with van der Waals surface area (Å²) < 4.78 is 0. The van der Waals surface area contributed by atoms with E-state index in [1.54, 1.807) is 0 Å². The highest BCUT2D eigenvalue weighted by Gasteiger charge is 2.28. The molecule has 1 unspecified atom stereocenters. The fourth-order valence-electron chi connectivity index (χ4n) is 2.03. The van der Waals surface area contributed by atoms with E-state index in [9.17, 15) is 9.59 Å². The zero-order chi connectivity index (χ0) is 12.6. The number of hydrogen-bond acceptors (Lipinski definition) is 3. The van der Waals surface area contributed by atoms with Crippen LogP contribution >= 0.6 is 0 Å². The van der Waals surface area contributed by atoms with Crippen LogP contribution in [0.1, 0.15) is 17.5 Å². The summed E-state index contributed by atoms with van der Waals surface area (Å²) in [4.78, 5) is 22.3. The van der Waals surface area contributed by atoms with Gasteiger partial charge in [-0.3, -0.25) is 9.59 Å². The number of benzene rings is 1. The minimum absolute atomic E-state index is 0.224. The van der Waals surface area contributed by atoms with Crippen LogP contribution in [0, 0.1) is 13.8 Å². The third-order valence-corrected chi connectivity index (χ3v) is 2.75. The lowest BCUT2D eigenvalue weighted by molar-refractivity contribution is -0.138. The maximum atomic E-state index is 11.7. The van der Waals surface area contributed by atoms with Crippen LogP contribution in [0.4, 0.5) is 11.4 Å². The minimum Gasteiger partial charge on any atom is -0.481 e. The molecule has 0 bridgehead atoms. The van der Waals surface area contributed by atoms with E-state index in [-0.39, 0.29) is 12.3 Å². The van der Waals surface area contributed by atoms with Crippen LogP contribution in [0.2, 0.25) is 0 Å². The minimum atomic E-state index is -0.995. The van der Waals surface area contributed by atoms with Crippen molar-refractivity contribution in [1.82, 2.24) is 0 Å². The maximum absolute atomic E-state index is 11.7. The molecular weight excluding hydrogens is 220 g/mol. The Labute approximate surface area is 98.8 Å². The zero-order valence-electron chi connectivity index (χ0n) is 9.70. The summed E-state index contributed by atoms with van der Waals surface area (Å²) in [6, 6.07) is 3.16. The normalized spacial score (nSPS) is 18.0. The fraction of sp³-hybridized carbons (Fsp3) is 0.333. The molecule has 2 rings (SSSR count). The molecule has 1 atom stereocenters. The molecule has 1 aliphatic heterocycles. The Balaban J connectivity index is 2.34. The van der Waals surface area contributed by atoms with Crippen LogP contribution in [0.5, 0.6) is 0 Å². The van der Waals surface area contributed by atoms with Crippen LogP contribution in [0.25, 0.3) is 0 Å². The number of amides is 1. The topological polar surface area (TPSA) is 78.4 Å². The number of carboxylic acid groups (broad SMARTS) is 1. The summed E-state index contributed by atoms with van der Waals surface area (Å²) >= 11 is 0. The standard InChI is InChI=1S/C12H14N2O3/c1-6-3-7(2)11-8(4-6)13-9(5-10(15)16)12(17)14-11/h3-4,9,13H,5H2,1-2H3,(H,14,17)(H,15,16). The predicted octanol–water partition coefficient (Wildman–Crippen LogP) is 1.51. The SMILES string of the molecule is Cc1cc(C)c2c(c1)NC(CC(=O)O)C(=O)N2. The van der Waals surface area contributed by atoms with Gasteiger partial charge in [-0.05, 0) is 31.0 Å². The van der Waals surface area contributed by atoms with Gasteiger partial charge in [0.2, 0.25) is 5.91 Å². The molecule has 1 amide bonds. The highest BCUT2D eigenvalue weighted by Crippen LogP contribution is 2.31. The third kappa shape index (κ3) is 2.22. The average molecular weight is 234 g/mol. The molecule has 1 aliphatic rings. The molecule has 17 heavy (non-hydrogen) atoms. The van der Waals surface area contributed by atoms with E-state index >= 15 is 0 Å². The van der Waals surface area contributed by atoms with Crippen molar-refractivity contribution in [3.05, 3.63) is 23.3 Å². The summed E-state index contributed by atoms with van der Waals surface area (Å²) in [7, 11) is 0. The molecule has 5 nitrogen and oxygen atoms in total. The van der Waals surface area contributed by atoms with Gasteiger partial charge in [0.15, 0.2) is 0 Å². The van der Waals surface area contributed by atoms with Gasteiger partial charge in [-0.25, -0.2) is 0 Å². The van der Waals surface area contributed by atoms with Crippen molar-refractivity contribution in [3.63, 3.8) is 0 Å². The smallest absolute Gasteiger partial charge is 0.305 e. The molecular formula is C12H14N2O3. The van der Waals surface area contributed by atoms with Crippen LogP contribution in [0.3, 0.4) is 0 Å². The second-order valence-corrected chi connectivity index (χ2v) is 4.29. The second kappa shape index (κ2) is 4.08. The predicted molar refractivity (Wildman–Crippen MR) is 64.2 cm³/mol. The third-order valence-electron chi connectivity index (χ3n) is 2.75. The molecule has 1 heterocycles. The monoisotopic (exact) mass is 234 g/mol. The summed E-state index contributed by atoms with van der Waals surface area (Å²) in [6.45, 7) is 3.86. The van der Waals surface area contributed by atoms with Crippen LogP contribution in [0.15, 0.2) is 12.1 Å². The number of anilines is 2. The molecule has 5 heteroatoms. The van der Waals surface area contributed by atoms with Gasteiger partial charge in [-0.15, -0.1) is 0 Å². The van der Waals surface area contributed by atoms with E-state index in [0.29, 0.717) is 0 Å². The van der Waals surface area contributed by atoms with Crippen molar-refractivity contribution in [2.24, 2.45) is 0 Å². The van der Waals surface area contributed by atoms with Gasteiger partial charge in [0, 0.05) is 0 Å². The van der Waals surface area contributed by atoms with E-state index in [1.807, 2.05) is 26.0 Å². The highest BCUT2D eigenvalue weighted by molar-refractivity contribution is 6.05. The number of fused-ring (bicyclic) bond motifs is 1. The van der Waals surface area contributed by atoms with Crippen molar-refractivity contribution < 1.29 is 14.7 Å². The molecule has 0 radical (unpaired) electrons. The molecule has 0 spiro atoms. The van der Waals surface area contributed by atoms with Crippen molar-refractivity contribution in [2.75, 3.05) is 10.6 Å². The lowest BCUT2D eigenvalue weighted by atomic mass is 10.0. The summed E-state index contributed by atoms with van der Waals surface area (Å²) in [5.41, 5.74) is 3.56. The first kappa shape index (κ1) is 11.4. The Morgan fingerprint density at radius 1 is 1.41 bits per heavy atom. The largest absolute Gasteiger partial charge is 0.481 e. The Morgan fingerprint density at radius 2 is 2.12 bits per heavy atom. The number of aryl methyl sites for hydroxylation is 2. The molecule has 0 saturated heterocycles. The van der Waals surface area contributed by atoms with Crippen molar-refractivity contribution in [1.29, 1.82) is 0 Å². The Kier molecular flexibility index (Phi) is 2.75. The Bertz CT molecular complexity index is 497. The lowest BCUT2D eigenvalue weighted by Gasteiger charge is -2.27. The molecule has 0 fully saturated rings. The first-order valence-electron chi connectivity index (χ1n) is 5.38. The van der Waals surface area contributed by atoms with Crippen LogP contribution < -0.4 is 10.6 Å². The summed E-state index contributed by atoms with van der Waals surface area (Å²) in [5, 5.41) is 14.4. The number of carbonyl (C=O) groups excluding carboxylic acids is 1.